The molecule has 0 aromatic carbocycles. The van der Waals surface area contributed by atoms with E-state index in [0.717, 1.165) is 6.54 Å². The van der Waals surface area contributed by atoms with Gasteiger partial charge in [0.25, 0.3) is 0 Å². The van der Waals surface area contributed by atoms with Gasteiger partial charge in [-0.2, -0.15) is 0 Å². The van der Waals surface area contributed by atoms with Crippen LogP contribution in [0.1, 0.15) is 41.5 Å². The minimum Gasteiger partial charge on any atom is -0.309 e. The van der Waals surface area contributed by atoms with Crippen LogP contribution < -0.4 is 0 Å². The number of hydrogen-bond donors (Lipinski definition) is 0. The van der Waals surface area contributed by atoms with E-state index in [0.29, 0.717) is 31.5 Å². The molecular formula is C12H28NO3P. The summed E-state index contributed by atoms with van der Waals surface area (Å²) < 4.78 is 22.9. The molecule has 0 aliphatic rings. The summed E-state index contributed by atoms with van der Waals surface area (Å²) in [6.45, 7) is 13.9. The van der Waals surface area contributed by atoms with Crippen molar-refractivity contribution in [2.45, 2.75) is 53.6 Å². The van der Waals surface area contributed by atoms with Crippen molar-refractivity contribution in [1.82, 2.24) is 4.90 Å². The average molecular weight is 265 g/mol. The lowest BCUT2D eigenvalue weighted by molar-refractivity contribution is 0.173. The van der Waals surface area contributed by atoms with Crippen LogP contribution >= 0.6 is 7.60 Å². The highest BCUT2D eigenvalue weighted by atomic mass is 31.2. The topological polar surface area (TPSA) is 38.8 Å². The first kappa shape index (κ1) is 17.1. The minimum absolute atomic E-state index is 0.431. The van der Waals surface area contributed by atoms with Gasteiger partial charge in [0.05, 0.1) is 19.4 Å². The van der Waals surface area contributed by atoms with Crippen molar-refractivity contribution in [3.05, 3.63) is 0 Å². The summed E-state index contributed by atoms with van der Waals surface area (Å²) in [5, 5.41) is 0. The van der Waals surface area contributed by atoms with Crippen molar-refractivity contribution in [1.29, 1.82) is 0 Å². The average Bonchev–Trinajstić information content (AvgIpc) is 2.17. The molecule has 104 valence electrons. The van der Waals surface area contributed by atoms with E-state index in [4.69, 9.17) is 9.05 Å². The van der Waals surface area contributed by atoms with Crippen molar-refractivity contribution >= 4 is 7.60 Å². The van der Waals surface area contributed by atoms with Gasteiger partial charge in [0, 0.05) is 18.6 Å². The highest BCUT2D eigenvalue weighted by Crippen LogP contribution is 2.47. The lowest BCUT2D eigenvalue weighted by Crippen LogP contribution is -2.39. The Bertz CT molecular complexity index is 226. The highest BCUT2D eigenvalue weighted by Gasteiger charge is 2.25. The molecule has 0 aliphatic carbocycles. The van der Waals surface area contributed by atoms with Crippen LogP contribution in [0.25, 0.3) is 0 Å². The molecular weight excluding hydrogens is 237 g/mol. The largest absolute Gasteiger partial charge is 0.331 e. The Morgan fingerprint density at radius 3 is 1.71 bits per heavy atom. The molecule has 0 fully saturated rings. The summed E-state index contributed by atoms with van der Waals surface area (Å²) in [5.74, 6) is 0. The van der Waals surface area contributed by atoms with Gasteiger partial charge in [-0.1, -0.05) is 0 Å². The van der Waals surface area contributed by atoms with Crippen molar-refractivity contribution in [3.63, 3.8) is 0 Å². The van der Waals surface area contributed by atoms with Crippen LogP contribution in [0.15, 0.2) is 0 Å². The normalized spacial score (nSPS) is 13.0. The fourth-order valence-electron chi connectivity index (χ4n) is 1.91. The molecule has 0 atom stereocenters. The first-order valence-corrected chi connectivity index (χ1v) is 8.23. The van der Waals surface area contributed by atoms with Crippen molar-refractivity contribution < 1.29 is 13.6 Å². The number of nitrogens with zero attached hydrogens (tertiary/aromatic N) is 1. The zero-order chi connectivity index (χ0) is 13.5. The van der Waals surface area contributed by atoms with Gasteiger partial charge in [-0.25, -0.2) is 0 Å². The van der Waals surface area contributed by atoms with E-state index in [2.05, 4.69) is 32.6 Å². The third-order valence-electron chi connectivity index (χ3n) is 2.61. The number of rotatable bonds is 9. The zero-order valence-corrected chi connectivity index (χ0v) is 13.0. The minimum atomic E-state index is -2.89. The van der Waals surface area contributed by atoms with Gasteiger partial charge in [-0.3, -0.25) is 9.46 Å². The predicted octanol–water partition coefficient (Wildman–Crippen LogP) is 3.37. The maximum Gasteiger partial charge on any atom is 0.331 e. The van der Waals surface area contributed by atoms with Crippen LogP contribution in [-0.2, 0) is 13.6 Å². The van der Waals surface area contributed by atoms with Crippen molar-refractivity contribution in [2.75, 3.05) is 25.9 Å². The third-order valence-corrected chi connectivity index (χ3v) is 4.66. The molecule has 0 N–H and O–H groups in total. The quantitative estimate of drug-likeness (QED) is 0.599. The molecule has 4 nitrogen and oxygen atoms in total. The molecule has 0 aromatic heterocycles. The van der Waals surface area contributed by atoms with Crippen LogP contribution in [0, 0.1) is 0 Å². The molecule has 5 heteroatoms. The van der Waals surface area contributed by atoms with Gasteiger partial charge in [0.1, 0.15) is 0 Å². The Balaban J connectivity index is 4.41. The maximum atomic E-state index is 12.3. The van der Waals surface area contributed by atoms with Gasteiger partial charge in [0.15, 0.2) is 0 Å². The van der Waals surface area contributed by atoms with Crippen molar-refractivity contribution in [2.24, 2.45) is 0 Å². The van der Waals surface area contributed by atoms with E-state index in [1.165, 1.54) is 0 Å². The fourth-order valence-corrected chi connectivity index (χ4v) is 3.51. The Kier molecular flexibility index (Phi) is 8.31. The highest BCUT2D eigenvalue weighted by molar-refractivity contribution is 7.53. The van der Waals surface area contributed by atoms with E-state index in [1.54, 1.807) is 0 Å². The second-order valence-corrected chi connectivity index (χ2v) is 6.78. The fraction of sp³-hybridized carbons (Fsp3) is 1.00. The van der Waals surface area contributed by atoms with Gasteiger partial charge in [-0.05, 0) is 41.5 Å². The lowest BCUT2D eigenvalue weighted by Gasteiger charge is -2.31. The molecule has 0 unspecified atom stereocenters. The van der Waals surface area contributed by atoms with Crippen LogP contribution in [0.5, 0.6) is 0 Å². The van der Waals surface area contributed by atoms with E-state index in [-0.39, 0.29) is 0 Å². The van der Waals surface area contributed by atoms with Crippen molar-refractivity contribution in [3.8, 4) is 0 Å². The monoisotopic (exact) mass is 265 g/mol. The molecule has 0 aliphatic heterocycles. The van der Waals surface area contributed by atoms with Crippen LogP contribution in [0.2, 0.25) is 0 Å². The van der Waals surface area contributed by atoms with Crippen LogP contribution in [0.3, 0.4) is 0 Å². The van der Waals surface area contributed by atoms with Crippen LogP contribution in [0.4, 0.5) is 0 Å². The summed E-state index contributed by atoms with van der Waals surface area (Å²) in [6, 6.07) is 0.874. The molecule has 0 aromatic rings. The second-order valence-electron chi connectivity index (χ2n) is 4.60. The molecule has 0 radical (unpaired) electrons. The van der Waals surface area contributed by atoms with E-state index in [9.17, 15) is 4.57 Å². The van der Waals surface area contributed by atoms with E-state index < -0.39 is 7.60 Å². The SMILES string of the molecule is CCOP(=O)(CCN(C(C)C)C(C)C)OCC. The summed E-state index contributed by atoms with van der Waals surface area (Å²) in [5.41, 5.74) is 0. The standard InChI is InChI=1S/C12H28NO3P/c1-7-15-17(14,16-8-2)10-9-13(11(3)4)12(5)6/h11-12H,7-10H2,1-6H3. The summed E-state index contributed by atoms with van der Waals surface area (Å²) in [6.07, 6.45) is 0.463. The van der Waals surface area contributed by atoms with E-state index in [1.807, 2.05) is 13.8 Å². The Morgan fingerprint density at radius 1 is 1.00 bits per heavy atom. The molecule has 0 spiro atoms. The first-order valence-electron chi connectivity index (χ1n) is 6.50. The smallest absolute Gasteiger partial charge is 0.309 e. The van der Waals surface area contributed by atoms with E-state index >= 15 is 0 Å². The van der Waals surface area contributed by atoms with Gasteiger partial charge in [-0.15, -0.1) is 0 Å². The summed E-state index contributed by atoms with van der Waals surface area (Å²) >= 11 is 0. The maximum absolute atomic E-state index is 12.3. The van der Waals surface area contributed by atoms with Crippen LogP contribution in [-0.4, -0.2) is 42.9 Å². The van der Waals surface area contributed by atoms with Gasteiger partial charge >= 0.3 is 7.60 Å². The Morgan fingerprint density at radius 2 is 1.41 bits per heavy atom. The molecule has 0 bridgehead atoms. The molecule has 0 saturated carbocycles. The summed E-state index contributed by atoms with van der Waals surface area (Å²) in [4.78, 5) is 2.30. The van der Waals surface area contributed by atoms with Gasteiger partial charge < -0.3 is 9.05 Å². The Labute approximate surface area is 106 Å². The third kappa shape index (κ3) is 6.56. The Hall–Kier alpha value is 0.110. The summed E-state index contributed by atoms with van der Waals surface area (Å²) in [7, 11) is -2.89. The zero-order valence-electron chi connectivity index (χ0n) is 12.1. The van der Waals surface area contributed by atoms with Gasteiger partial charge in [0.2, 0.25) is 0 Å². The first-order chi connectivity index (χ1) is 7.86. The lowest BCUT2D eigenvalue weighted by atomic mass is 10.2. The predicted molar refractivity (Wildman–Crippen MR) is 72.7 cm³/mol. The molecule has 0 saturated heterocycles. The number of hydrogen-bond acceptors (Lipinski definition) is 4. The molecule has 17 heavy (non-hydrogen) atoms. The molecule has 0 rings (SSSR count). The molecule has 0 heterocycles. The second kappa shape index (κ2) is 8.25. The molecule has 0 amide bonds.